The Labute approximate surface area is 64.6 Å². The zero-order valence-electron chi connectivity index (χ0n) is 6.00. The number of aliphatic imine (C=N–C) groups is 1. The number of alkyl halides is 1. The number of halogens is 1. The van der Waals surface area contributed by atoms with E-state index in [4.69, 9.17) is 0 Å². The van der Waals surface area contributed by atoms with Crippen LogP contribution in [0.5, 0.6) is 0 Å². The molecule has 1 aliphatic rings. The molecule has 1 atom stereocenters. The third-order valence-corrected chi connectivity index (χ3v) is 1.82. The molecule has 0 aromatic heterocycles. The van der Waals surface area contributed by atoms with Gasteiger partial charge in [-0.1, -0.05) is 24.3 Å². The number of rotatable bonds is 0. The average molecular weight is 149 g/mol. The van der Waals surface area contributed by atoms with E-state index < -0.39 is 6.30 Å². The second-order valence-electron chi connectivity index (χ2n) is 2.62. The first kappa shape index (κ1) is 6.53. The lowest BCUT2D eigenvalue weighted by atomic mass is 10.0. The van der Waals surface area contributed by atoms with Crippen LogP contribution in [0.2, 0.25) is 0 Å². The van der Waals surface area contributed by atoms with Crippen molar-refractivity contribution in [3.05, 3.63) is 35.4 Å². The SMILES string of the molecule is FC1Cc2ccccc2C=N1. The van der Waals surface area contributed by atoms with Crippen LogP contribution in [0.1, 0.15) is 11.1 Å². The van der Waals surface area contributed by atoms with E-state index in [1.807, 2.05) is 24.3 Å². The first-order chi connectivity index (χ1) is 5.36. The van der Waals surface area contributed by atoms with Crippen LogP contribution in [0.25, 0.3) is 0 Å². The van der Waals surface area contributed by atoms with Gasteiger partial charge >= 0.3 is 0 Å². The highest BCUT2D eigenvalue weighted by atomic mass is 19.1. The van der Waals surface area contributed by atoms with E-state index in [2.05, 4.69) is 4.99 Å². The summed E-state index contributed by atoms with van der Waals surface area (Å²) in [6.45, 7) is 0. The summed E-state index contributed by atoms with van der Waals surface area (Å²) in [5, 5.41) is 0. The molecule has 2 rings (SSSR count). The largest absolute Gasteiger partial charge is 0.256 e. The average Bonchev–Trinajstić information content (AvgIpc) is 2.04. The molecular weight excluding hydrogens is 141 g/mol. The predicted molar refractivity (Wildman–Crippen MR) is 42.6 cm³/mol. The van der Waals surface area contributed by atoms with Crippen LogP contribution >= 0.6 is 0 Å². The zero-order chi connectivity index (χ0) is 7.68. The molecule has 0 bridgehead atoms. The Morgan fingerprint density at radius 1 is 1.36 bits per heavy atom. The Morgan fingerprint density at radius 3 is 3.09 bits per heavy atom. The van der Waals surface area contributed by atoms with Gasteiger partial charge in [0.05, 0.1) is 0 Å². The van der Waals surface area contributed by atoms with Crippen LogP contribution in [0.4, 0.5) is 4.39 Å². The van der Waals surface area contributed by atoms with Crippen LogP contribution in [0.15, 0.2) is 29.3 Å². The molecule has 0 aliphatic carbocycles. The monoisotopic (exact) mass is 149 g/mol. The number of fused-ring (bicyclic) bond motifs is 1. The minimum absolute atomic E-state index is 0.423. The third-order valence-electron chi connectivity index (χ3n) is 1.82. The number of hydrogen-bond acceptors (Lipinski definition) is 1. The van der Waals surface area contributed by atoms with Crippen LogP contribution in [0.3, 0.4) is 0 Å². The van der Waals surface area contributed by atoms with E-state index in [-0.39, 0.29) is 0 Å². The fourth-order valence-electron chi connectivity index (χ4n) is 1.24. The molecule has 1 heterocycles. The van der Waals surface area contributed by atoms with Crippen molar-refractivity contribution < 1.29 is 4.39 Å². The molecule has 0 radical (unpaired) electrons. The molecule has 2 heteroatoms. The van der Waals surface area contributed by atoms with Gasteiger partial charge in [-0.15, -0.1) is 0 Å². The van der Waals surface area contributed by atoms with Crippen LogP contribution < -0.4 is 0 Å². The third kappa shape index (κ3) is 1.16. The summed E-state index contributed by atoms with van der Waals surface area (Å²) in [5.74, 6) is 0. The molecule has 1 unspecified atom stereocenters. The van der Waals surface area contributed by atoms with E-state index in [0.29, 0.717) is 6.42 Å². The zero-order valence-corrected chi connectivity index (χ0v) is 6.00. The van der Waals surface area contributed by atoms with Gasteiger partial charge in [0.25, 0.3) is 0 Å². The summed E-state index contributed by atoms with van der Waals surface area (Å²) in [7, 11) is 0. The molecule has 0 saturated heterocycles. The normalized spacial score (nSPS) is 21.4. The van der Waals surface area contributed by atoms with Crippen molar-refractivity contribution in [1.29, 1.82) is 0 Å². The molecule has 1 nitrogen and oxygen atoms in total. The summed E-state index contributed by atoms with van der Waals surface area (Å²) < 4.78 is 12.7. The first-order valence-electron chi connectivity index (χ1n) is 3.61. The maximum atomic E-state index is 12.7. The molecule has 1 aliphatic heterocycles. The molecule has 1 aromatic carbocycles. The molecule has 0 N–H and O–H groups in total. The van der Waals surface area contributed by atoms with Crippen molar-refractivity contribution in [1.82, 2.24) is 0 Å². The lowest BCUT2D eigenvalue weighted by Crippen LogP contribution is -2.09. The lowest BCUT2D eigenvalue weighted by molar-refractivity contribution is 0.343. The number of nitrogens with zero attached hydrogens (tertiary/aromatic N) is 1. The van der Waals surface area contributed by atoms with Gasteiger partial charge in [-0.3, -0.25) is 4.99 Å². The predicted octanol–water partition coefficient (Wildman–Crippen LogP) is 1.96. The van der Waals surface area contributed by atoms with Crippen molar-refractivity contribution in [2.24, 2.45) is 4.99 Å². The van der Waals surface area contributed by atoms with Gasteiger partial charge in [0.15, 0.2) is 6.30 Å². The lowest BCUT2D eigenvalue weighted by Gasteiger charge is -2.11. The fourth-order valence-corrected chi connectivity index (χ4v) is 1.24. The summed E-state index contributed by atoms with van der Waals surface area (Å²) in [6.07, 6.45) is 0.987. The quantitative estimate of drug-likeness (QED) is 0.500. The van der Waals surface area contributed by atoms with E-state index >= 15 is 0 Å². The smallest absolute Gasteiger partial charge is 0.193 e. The van der Waals surface area contributed by atoms with Gasteiger partial charge in [-0.05, 0) is 11.1 Å². The fraction of sp³-hybridized carbons (Fsp3) is 0.222. The highest BCUT2D eigenvalue weighted by Crippen LogP contribution is 2.15. The minimum atomic E-state index is -1.04. The molecule has 0 spiro atoms. The van der Waals surface area contributed by atoms with Crippen molar-refractivity contribution in [2.45, 2.75) is 12.7 Å². The highest BCUT2D eigenvalue weighted by molar-refractivity contribution is 5.82. The second-order valence-corrected chi connectivity index (χ2v) is 2.62. The van der Waals surface area contributed by atoms with Gasteiger partial charge in [-0.25, -0.2) is 4.39 Å². The molecule has 1 aromatic rings. The maximum Gasteiger partial charge on any atom is 0.193 e. The Morgan fingerprint density at radius 2 is 2.18 bits per heavy atom. The van der Waals surface area contributed by atoms with Crippen LogP contribution in [-0.2, 0) is 6.42 Å². The van der Waals surface area contributed by atoms with Gasteiger partial charge in [0, 0.05) is 12.6 Å². The molecular formula is C9H8FN. The molecule has 0 saturated carbocycles. The van der Waals surface area contributed by atoms with Gasteiger partial charge in [0.2, 0.25) is 0 Å². The second kappa shape index (κ2) is 2.46. The van der Waals surface area contributed by atoms with Crippen molar-refractivity contribution >= 4 is 6.21 Å². The summed E-state index contributed by atoms with van der Waals surface area (Å²) in [4.78, 5) is 3.68. The summed E-state index contributed by atoms with van der Waals surface area (Å²) in [6, 6.07) is 7.74. The van der Waals surface area contributed by atoms with Crippen LogP contribution in [0, 0.1) is 0 Å². The first-order valence-corrected chi connectivity index (χ1v) is 3.61. The number of hydrogen-bond donors (Lipinski definition) is 0. The van der Waals surface area contributed by atoms with Gasteiger partial charge in [0.1, 0.15) is 0 Å². The molecule has 0 fully saturated rings. The summed E-state index contributed by atoms with van der Waals surface area (Å²) in [5.41, 5.74) is 2.09. The van der Waals surface area contributed by atoms with E-state index in [1.165, 1.54) is 0 Å². The number of benzene rings is 1. The minimum Gasteiger partial charge on any atom is -0.256 e. The van der Waals surface area contributed by atoms with Crippen molar-refractivity contribution in [2.75, 3.05) is 0 Å². The Hall–Kier alpha value is -1.18. The topological polar surface area (TPSA) is 12.4 Å². The van der Waals surface area contributed by atoms with Crippen molar-refractivity contribution in [3.8, 4) is 0 Å². The van der Waals surface area contributed by atoms with Crippen LogP contribution in [-0.4, -0.2) is 12.5 Å². The maximum absolute atomic E-state index is 12.7. The molecule has 0 amide bonds. The van der Waals surface area contributed by atoms with E-state index in [0.717, 1.165) is 11.1 Å². The molecule has 56 valence electrons. The van der Waals surface area contributed by atoms with E-state index in [1.54, 1.807) is 6.21 Å². The van der Waals surface area contributed by atoms with Crippen molar-refractivity contribution in [3.63, 3.8) is 0 Å². The summed E-state index contributed by atoms with van der Waals surface area (Å²) >= 11 is 0. The Kier molecular flexibility index (Phi) is 1.46. The molecule has 11 heavy (non-hydrogen) atoms. The van der Waals surface area contributed by atoms with Gasteiger partial charge in [-0.2, -0.15) is 0 Å². The Balaban J connectivity index is 2.46. The van der Waals surface area contributed by atoms with Gasteiger partial charge < -0.3 is 0 Å². The standard InChI is InChI=1S/C9H8FN/c10-9-5-7-3-1-2-4-8(7)6-11-9/h1-4,6,9H,5H2. The Bertz CT molecular complexity index is 293. The van der Waals surface area contributed by atoms with E-state index in [9.17, 15) is 4.39 Å². The highest BCUT2D eigenvalue weighted by Gasteiger charge is 2.11.